The van der Waals surface area contributed by atoms with Crippen LogP contribution in [0.15, 0.2) is 22.7 Å². The Balaban J connectivity index is 1.59. The highest BCUT2D eigenvalue weighted by atomic mass is 35.5. The van der Waals surface area contributed by atoms with Gasteiger partial charge in [-0.25, -0.2) is 4.99 Å². The molecule has 1 fully saturated rings. The Labute approximate surface area is 216 Å². The van der Waals surface area contributed by atoms with Crippen LogP contribution in [-0.2, 0) is 20.7 Å². The number of aliphatic hydroxyl groups excluding tert-OH is 1. The number of aliphatic imine (C=N–C) groups is 1. The summed E-state index contributed by atoms with van der Waals surface area (Å²) in [6.45, 7) is 7.09. The number of nitrogens with zero attached hydrogens (tertiary/aromatic N) is 3. The highest BCUT2D eigenvalue weighted by molar-refractivity contribution is 6.35. The van der Waals surface area contributed by atoms with Gasteiger partial charge in [-0.3, -0.25) is 14.4 Å². The first kappa shape index (κ1) is 26.5. The SMILES string of the molecule is COC(c1cc(C)c2c(c1Cl)C(=O)N(CC1C(=O)N=C(C)C=C1C)CC2)C1CCN(C(=O)CO)CC1. The van der Waals surface area contributed by atoms with Crippen LogP contribution < -0.4 is 0 Å². The minimum absolute atomic E-state index is 0.122. The zero-order valence-corrected chi connectivity index (χ0v) is 22.1. The third kappa shape index (κ3) is 4.99. The van der Waals surface area contributed by atoms with Crippen LogP contribution >= 0.6 is 11.6 Å². The summed E-state index contributed by atoms with van der Waals surface area (Å²) in [6.07, 6.45) is 3.67. The highest BCUT2D eigenvalue weighted by Gasteiger charge is 2.36. The van der Waals surface area contributed by atoms with Crippen molar-refractivity contribution in [3.8, 4) is 0 Å². The molecule has 1 aromatic rings. The Hall–Kier alpha value is -2.55. The second-order valence-corrected chi connectivity index (χ2v) is 10.4. The summed E-state index contributed by atoms with van der Waals surface area (Å²) in [5.74, 6) is -0.973. The average Bonchev–Trinajstić information content (AvgIpc) is 2.85. The number of piperidine rings is 1. The second-order valence-electron chi connectivity index (χ2n) is 10.0. The monoisotopic (exact) mass is 515 g/mol. The molecule has 9 heteroatoms. The van der Waals surface area contributed by atoms with Gasteiger partial charge in [0, 0.05) is 44.6 Å². The zero-order chi connectivity index (χ0) is 26.1. The number of amides is 3. The number of dihydropyridines is 1. The lowest BCUT2D eigenvalue weighted by molar-refractivity contribution is -0.136. The molecule has 1 aromatic carbocycles. The molecule has 3 heterocycles. The Morgan fingerprint density at radius 2 is 1.92 bits per heavy atom. The fourth-order valence-electron chi connectivity index (χ4n) is 5.77. The molecular weight excluding hydrogens is 482 g/mol. The predicted octanol–water partition coefficient (Wildman–Crippen LogP) is 3.13. The average molecular weight is 516 g/mol. The Morgan fingerprint density at radius 3 is 2.53 bits per heavy atom. The molecule has 3 aliphatic rings. The first-order valence-corrected chi connectivity index (χ1v) is 12.8. The van der Waals surface area contributed by atoms with Gasteiger partial charge in [0.1, 0.15) is 6.61 Å². The quantitative estimate of drug-likeness (QED) is 0.627. The van der Waals surface area contributed by atoms with Crippen LogP contribution in [0.1, 0.15) is 59.8 Å². The molecule has 8 nitrogen and oxygen atoms in total. The van der Waals surface area contributed by atoms with Gasteiger partial charge < -0.3 is 19.6 Å². The normalized spacial score (nSPS) is 21.8. The minimum atomic E-state index is -0.486. The molecule has 194 valence electrons. The van der Waals surface area contributed by atoms with Crippen molar-refractivity contribution in [3.05, 3.63) is 45.0 Å². The van der Waals surface area contributed by atoms with Crippen LogP contribution in [0.3, 0.4) is 0 Å². The standard InChI is InChI=1S/C27H34ClN3O5/c1-15-11-17(3)29-26(34)21(15)13-31-10-7-19-16(2)12-20(24(28)23(19)27(31)35)25(36-4)18-5-8-30(9-6-18)22(33)14-32/h11-12,18,21,25,32H,5-10,13-14H2,1-4H3. The number of ether oxygens (including phenoxy) is 1. The topological polar surface area (TPSA) is 99.5 Å². The summed E-state index contributed by atoms with van der Waals surface area (Å²) >= 11 is 6.95. The molecule has 0 radical (unpaired) electrons. The van der Waals surface area contributed by atoms with Crippen LogP contribution in [-0.4, -0.2) is 78.2 Å². The molecule has 2 atom stereocenters. The number of halogens is 1. The van der Waals surface area contributed by atoms with E-state index in [1.165, 1.54) is 0 Å². The van der Waals surface area contributed by atoms with E-state index in [2.05, 4.69) is 4.99 Å². The summed E-state index contributed by atoms with van der Waals surface area (Å²) in [5.41, 5.74) is 4.81. The molecule has 3 aliphatic heterocycles. The Bertz CT molecular complexity index is 1140. The molecule has 0 saturated carbocycles. The van der Waals surface area contributed by atoms with Gasteiger partial charge in [-0.15, -0.1) is 0 Å². The van der Waals surface area contributed by atoms with Gasteiger partial charge in [-0.2, -0.15) is 0 Å². The number of carbonyl (C=O) groups excluding carboxylic acids is 3. The number of hydrogen-bond donors (Lipinski definition) is 1. The Kier molecular flexibility index (Phi) is 7.97. The maximum atomic E-state index is 13.7. The van der Waals surface area contributed by atoms with E-state index in [-0.39, 0.29) is 36.3 Å². The summed E-state index contributed by atoms with van der Waals surface area (Å²) < 4.78 is 5.92. The van der Waals surface area contributed by atoms with Gasteiger partial charge in [-0.05, 0) is 63.2 Å². The van der Waals surface area contributed by atoms with E-state index in [1.54, 1.807) is 23.8 Å². The van der Waals surface area contributed by atoms with Gasteiger partial charge in [0.05, 0.1) is 22.6 Å². The van der Waals surface area contributed by atoms with Crippen molar-refractivity contribution in [3.63, 3.8) is 0 Å². The van der Waals surface area contributed by atoms with E-state index in [9.17, 15) is 14.4 Å². The summed E-state index contributed by atoms with van der Waals surface area (Å²) in [7, 11) is 1.64. The van der Waals surface area contributed by atoms with Crippen LogP contribution in [0.4, 0.5) is 0 Å². The molecule has 0 aliphatic carbocycles. The van der Waals surface area contributed by atoms with E-state index in [1.807, 2.05) is 26.0 Å². The first-order chi connectivity index (χ1) is 17.2. The number of carbonyl (C=O) groups is 3. The fraction of sp³-hybridized carbons (Fsp3) is 0.556. The van der Waals surface area contributed by atoms with Crippen molar-refractivity contribution in [2.75, 3.05) is 39.9 Å². The van der Waals surface area contributed by atoms with E-state index >= 15 is 0 Å². The maximum absolute atomic E-state index is 13.7. The third-order valence-electron chi connectivity index (χ3n) is 7.75. The number of hydrogen-bond acceptors (Lipinski definition) is 5. The summed E-state index contributed by atoms with van der Waals surface area (Å²) in [6, 6.07) is 2.03. The lowest BCUT2D eigenvalue weighted by Gasteiger charge is -2.37. The van der Waals surface area contributed by atoms with Gasteiger partial charge >= 0.3 is 0 Å². The van der Waals surface area contributed by atoms with Crippen LogP contribution in [0.25, 0.3) is 0 Å². The van der Waals surface area contributed by atoms with Crippen molar-refractivity contribution < 1.29 is 24.2 Å². The van der Waals surface area contributed by atoms with Crippen molar-refractivity contribution in [2.24, 2.45) is 16.8 Å². The van der Waals surface area contributed by atoms with E-state index in [0.29, 0.717) is 55.2 Å². The van der Waals surface area contributed by atoms with Crippen LogP contribution in [0.2, 0.25) is 5.02 Å². The Morgan fingerprint density at radius 1 is 1.22 bits per heavy atom. The lowest BCUT2D eigenvalue weighted by atomic mass is 9.83. The number of likely N-dealkylation sites (tertiary alicyclic amines) is 1. The highest BCUT2D eigenvalue weighted by Crippen LogP contribution is 2.41. The smallest absolute Gasteiger partial charge is 0.255 e. The van der Waals surface area contributed by atoms with Gasteiger partial charge in [0.2, 0.25) is 5.91 Å². The van der Waals surface area contributed by atoms with Crippen molar-refractivity contribution in [1.82, 2.24) is 9.80 Å². The van der Waals surface area contributed by atoms with Gasteiger partial charge in [0.25, 0.3) is 11.8 Å². The lowest BCUT2D eigenvalue weighted by Crippen LogP contribution is -2.43. The van der Waals surface area contributed by atoms with Crippen molar-refractivity contribution in [2.45, 2.75) is 46.1 Å². The summed E-state index contributed by atoms with van der Waals surface area (Å²) in [4.78, 5) is 45.6. The van der Waals surface area contributed by atoms with Crippen LogP contribution in [0, 0.1) is 18.8 Å². The molecule has 1 saturated heterocycles. The van der Waals surface area contributed by atoms with Gasteiger partial charge in [0.15, 0.2) is 0 Å². The summed E-state index contributed by atoms with van der Waals surface area (Å²) in [5, 5.41) is 9.56. The molecule has 4 rings (SSSR count). The number of rotatable bonds is 6. The molecule has 0 aromatic heterocycles. The number of benzene rings is 1. The minimum Gasteiger partial charge on any atom is -0.387 e. The number of allylic oxidation sites excluding steroid dienone is 1. The number of aliphatic hydroxyl groups is 1. The largest absolute Gasteiger partial charge is 0.387 e. The molecule has 1 N–H and O–H groups in total. The van der Waals surface area contributed by atoms with E-state index in [0.717, 1.165) is 22.3 Å². The number of aryl methyl sites for hydroxylation is 1. The predicted molar refractivity (Wildman–Crippen MR) is 137 cm³/mol. The maximum Gasteiger partial charge on any atom is 0.255 e. The van der Waals surface area contributed by atoms with Gasteiger partial charge in [-0.1, -0.05) is 23.2 Å². The van der Waals surface area contributed by atoms with Crippen LogP contribution in [0.5, 0.6) is 0 Å². The molecule has 0 spiro atoms. The second kappa shape index (κ2) is 10.8. The first-order valence-electron chi connectivity index (χ1n) is 12.5. The molecule has 36 heavy (non-hydrogen) atoms. The van der Waals surface area contributed by atoms with E-state index in [4.69, 9.17) is 21.4 Å². The third-order valence-corrected chi connectivity index (χ3v) is 8.15. The van der Waals surface area contributed by atoms with Crippen molar-refractivity contribution >= 4 is 35.0 Å². The number of fused-ring (bicyclic) bond motifs is 1. The van der Waals surface area contributed by atoms with E-state index < -0.39 is 12.5 Å². The number of methoxy groups -OCH3 is 1. The molecule has 0 bridgehead atoms. The molecular formula is C27H34ClN3O5. The fourth-order valence-corrected chi connectivity index (χ4v) is 6.12. The molecule has 2 unspecified atom stereocenters. The zero-order valence-electron chi connectivity index (χ0n) is 21.3. The molecule has 3 amide bonds. The van der Waals surface area contributed by atoms with Crippen molar-refractivity contribution in [1.29, 1.82) is 0 Å².